The summed E-state index contributed by atoms with van der Waals surface area (Å²) in [5.74, 6) is 0.952. The average molecular weight is 386 g/mol. The molecule has 2 aromatic rings. The number of guanidine groups is 1. The smallest absolute Gasteiger partial charge is 0.260 e. The molecule has 3 heterocycles. The molecule has 0 spiro atoms. The topological polar surface area (TPSA) is 39.2 Å². The summed E-state index contributed by atoms with van der Waals surface area (Å²) < 4.78 is 0. The quantitative estimate of drug-likeness (QED) is 0.808. The molecule has 2 aromatic carbocycles. The van der Waals surface area contributed by atoms with Crippen molar-refractivity contribution in [2.75, 3.05) is 26.2 Å². The van der Waals surface area contributed by atoms with Crippen molar-refractivity contribution in [2.45, 2.75) is 25.9 Å². The van der Waals surface area contributed by atoms with Crippen LogP contribution in [-0.2, 0) is 11.3 Å². The minimum atomic E-state index is -0.0402. The van der Waals surface area contributed by atoms with Gasteiger partial charge in [-0.25, -0.2) is 0 Å². The van der Waals surface area contributed by atoms with Crippen molar-refractivity contribution in [3.8, 4) is 0 Å². The van der Waals surface area contributed by atoms with Crippen molar-refractivity contribution in [1.82, 2.24) is 14.7 Å². The van der Waals surface area contributed by atoms with Crippen molar-refractivity contribution < 1.29 is 4.79 Å². The molecule has 0 saturated carbocycles. The average Bonchev–Trinajstić information content (AvgIpc) is 3.25. The van der Waals surface area contributed by atoms with E-state index in [1.165, 1.54) is 11.3 Å². The van der Waals surface area contributed by atoms with Crippen molar-refractivity contribution in [1.29, 1.82) is 0 Å². The molecule has 5 rings (SSSR count). The van der Waals surface area contributed by atoms with Crippen molar-refractivity contribution in [2.24, 2.45) is 4.99 Å². The van der Waals surface area contributed by atoms with Crippen molar-refractivity contribution >= 4 is 11.9 Å². The molecule has 5 nitrogen and oxygen atoms in total. The first-order valence-corrected chi connectivity index (χ1v) is 10.4. The van der Waals surface area contributed by atoms with Crippen molar-refractivity contribution in [3.63, 3.8) is 0 Å². The molecule has 3 aliphatic heterocycles. The van der Waals surface area contributed by atoms with Gasteiger partial charge in [0, 0.05) is 38.3 Å². The van der Waals surface area contributed by atoms with Gasteiger partial charge in [-0.1, -0.05) is 60.7 Å². The third-order valence-electron chi connectivity index (χ3n) is 6.15. The Morgan fingerprint density at radius 2 is 1.72 bits per heavy atom. The lowest BCUT2D eigenvalue weighted by molar-refractivity contribution is -0.126. The highest BCUT2D eigenvalue weighted by atomic mass is 16.2. The number of amides is 1. The molecule has 0 aliphatic carbocycles. The van der Waals surface area contributed by atoms with Crippen LogP contribution in [0.25, 0.3) is 0 Å². The number of fused-ring (bicyclic) bond motifs is 2. The molecular formula is C24H26N4O. The number of benzene rings is 2. The van der Waals surface area contributed by atoms with Gasteiger partial charge in [-0.15, -0.1) is 0 Å². The summed E-state index contributed by atoms with van der Waals surface area (Å²) in [7, 11) is 0. The maximum absolute atomic E-state index is 13.6. The summed E-state index contributed by atoms with van der Waals surface area (Å²) in [5.41, 5.74) is 4.55. The summed E-state index contributed by atoms with van der Waals surface area (Å²) in [4.78, 5) is 24.9. The van der Waals surface area contributed by atoms with E-state index in [0.29, 0.717) is 6.54 Å². The Labute approximate surface area is 171 Å². The molecule has 1 atom stereocenters. The van der Waals surface area contributed by atoms with E-state index in [4.69, 9.17) is 4.99 Å². The zero-order chi connectivity index (χ0) is 19.8. The van der Waals surface area contributed by atoms with Gasteiger partial charge in [-0.3, -0.25) is 19.6 Å². The van der Waals surface area contributed by atoms with Crippen LogP contribution in [0.3, 0.4) is 0 Å². The number of aliphatic imine (C=N–C) groups is 1. The molecule has 1 amide bonds. The monoisotopic (exact) mass is 386 g/mol. The minimum Gasteiger partial charge on any atom is -0.314 e. The van der Waals surface area contributed by atoms with Gasteiger partial charge in [0.1, 0.15) is 0 Å². The van der Waals surface area contributed by atoms with E-state index in [9.17, 15) is 4.79 Å². The molecule has 0 fully saturated rings. The molecular weight excluding hydrogens is 360 g/mol. The Morgan fingerprint density at radius 1 is 1.00 bits per heavy atom. The second-order valence-electron chi connectivity index (χ2n) is 7.97. The van der Waals surface area contributed by atoms with Gasteiger partial charge in [0.05, 0.1) is 18.2 Å². The Hall–Kier alpha value is -2.92. The summed E-state index contributed by atoms with van der Waals surface area (Å²) in [6.45, 7) is 6.27. The highest BCUT2D eigenvalue weighted by Gasteiger charge is 2.43. The van der Waals surface area contributed by atoms with E-state index < -0.39 is 0 Å². The molecule has 3 aliphatic rings. The number of hydrogen-bond donors (Lipinski definition) is 0. The lowest BCUT2D eigenvalue weighted by atomic mass is 9.98. The fourth-order valence-corrected chi connectivity index (χ4v) is 4.64. The van der Waals surface area contributed by atoms with E-state index in [0.717, 1.165) is 49.7 Å². The first kappa shape index (κ1) is 18.1. The SMILES string of the molecule is CC(c1ccccc1)N1C(=O)C2=C(CCN(Cc3ccccc3)C2)N2CCN=C21. The fourth-order valence-electron chi connectivity index (χ4n) is 4.64. The van der Waals surface area contributed by atoms with Gasteiger partial charge in [0.15, 0.2) is 0 Å². The van der Waals surface area contributed by atoms with Crippen LogP contribution in [0.5, 0.6) is 0 Å². The Morgan fingerprint density at radius 3 is 2.48 bits per heavy atom. The van der Waals surface area contributed by atoms with Crippen LogP contribution in [0.2, 0.25) is 0 Å². The van der Waals surface area contributed by atoms with Crippen molar-refractivity contribution in [3.05, 3.63) is 83.1 Å². The van der Waals surface area contributed by atoms with E-state index in [2.05, 4.69) is 53.1 Å². The van der Waals surface area contributed by atoms with Crippen LogP contribution < -0.4 is 0 Å². The molecule has 0 bridgehead atoms. The number of nitrogens with zero attached hydrogens (tertiary/aromatic N) is 4. The van der Waals surface area contributed by atoms with Gasteiger partial charge < -0.3 is 4.90 Å². The van der Waals surface area contributed by atoms with E-state index >= 15 is 0 Å². The summed E-state index contributed by atoms with van der Waals surface area (Å²) in [6, 6.07) is 20.7. The number of carbonyl (C=O) groups excluding carboxylic acids is 1. The lowest BCUT2D eigenvalue weighted by Gasteiger charge is -2.44. The van der Waals surface area contributed by atoms with Gasteiger partial charge in [-0.2, -0.15) is 0 Å². The molecule has 0 radical (unpaired) electrons. The number of rotatable bonds is 4. The molecule has 0 saturated heterocycles. The Balaban J connectivity index is 1.44. The van der Waals surface area contributed by atoms with E-state index in [-0.39, 0.29) is 11.9 Å². The van der Waals surface area contributed by atoms with Gasteiger partial charge >= 0.3 is 0 Å². The van der Waals surface area contributed by atoms with Crippen LogP contribution in [0, 0.1) is 0 Å². The molecule has 5 heteroatoms. The Kier molecular flexibility index (Phi) is 4.68. The standard InChI is InChI=1S/C24H26N4O/c1-18(20-10-6-3-7-11-20)28-23(29)21-17-26(16-19-8-4-2-5-9-19)14-12-22(21)27-15-13-25-24(27)28/h2-11,18H,12-17H2,1H3. The molecule has 1 unspecified atom stereocenters. The number of carbonyl (C=O) groups is 1. The van der Waals surface area contributed by atoms with E-state index in [1.54, 1.807) is 0 Å². The summed E-state index contributed by atoms with van der Waals surface area (Å²) >= 11 is 0. The predicted octanol–water partition coefficient (Wildman–Crippen LogP) is 3.42. The number of hydrogen-bond acceptors (Lipinski definition) is 4. The fraction of sp³-hybridized carbons (Fsp3) is 0.333. The highest BCUT2D eigenvalue weighted by molar-refractivity contribution is 6.10. The van der Waals surface area contributed by atoms with Gasteiger partial charge in [0.2, 0.25) is 5.96 Å². The third kappa shape index (κ3) is 3.25. The van der Waals surface area contributed by atoms with Crippen LogP contribution >= 0.6 is 0 Å². The zero-order valence-electron chi connectivity index (χ0n) is 16.8. The normalized spacial score (nSPS) is 20.4. The second kappa shape index (κ2) is 7.48. The molecule has 148 valence electrons. The summed E-state index contributed by atoms with van der Waals surface area (Å²) in [5, 5.41) is 0. The maximum Gasteiger partial charge on any atom is 0.260 e. The highest BCUT2D eigenvalue weighted by Crippen LogP contribution is 2.35. The third-order valence-corrected chi connectivity index (χ3v) is 6.15. The maximum atomic E-state index is 13.6. The minimum absolute atomic E-state index is 0.0402. The first-order valence-electron chi connectivity index (χ1n) is 10.4. The predicted molar refractivity (Wildman–Crippen MR) is 114 cm³/mol. The Bertz CT molecular complexity index is 967. The first-order chi connectivity index (χ1) is 14.2. The largest absolute Gasteiger partial charge is 0.314 e. The molecule has 0 aromatic heterocycles. The molecule has 0 N–H and O–H groups in total. The van der Waals surface area contributed by atoms with Crippen LogP contribution in [0.1, 0.15) is 30.5 Å². The zero-order valence-corrected chi connectivity index (χ0v) is 16.8. The van der Waals surface area contributed by atoms with Crippen LogP contribution in [-0.4, -0.2) is 52.7 Å². The van der Waals surface area contributed by atoms with E-state index in [1.807, 2.05) is 29.2 Å². The van der Waals surface area contributed by atoms with Crippen LogP contribution in [0.15, 0.2) is 76.9 Å². The van der Waals surface area contributed by atoms with Gasteiger partial charge in [-0.05, 0) is 18.1 Å². The lowest BCUT2D eigenvalue weighted by Crippen LogP contribution is -2.54. The second-order valence-corrected chi connectivity index (χ2v) is 7.97. The summed E-state index contributed by atoms with van der Waals surface area (Å²) in [6.07, 6.45) is 0.903. The molecule has 29 heavy (non-hydrogen) atoms. The van der Waals surface area contributed by atoms with Crippen LogP contribution in [0.4, 0.5) is 0 Å². The van der Waals surface area contributed by atoms with Gasteiger partial charge in [0.25, 0.3) is 5.91 Å².